The minimum absolute atomic E-state index is 0.0215. The van der Waals surface area contributed by atoms with E-state index >= 15 is 0 Å². The maximum atomic E-state index is 10.9. The van der Waals surface area contributed by atoms with Crippen LogP contribution in [0.4, 0.5) is 0 Å². The van der Waals surface area contributed by atoms with Crippen molar-refractivity contribution < 1.29 is 9.84 Å². The van der Waals surface area contributed by atoms with Crippen LogP contribution in [0.1, 0.15) is 37.4 Å². The van der Waals surface area contributed by atoms with Gasteiger partial charge in [-0.25, -0.2) is 0 Å². The molecule has 1 N–H and O–H groups in total. The Morgan fingerprint density at radius 1 is 1.29 bits per heavy atom. The Morgan fingerprint density at radius 3 is 2.81 bits per heavy atom. The van der Waals surface area contributed by atoms with Gasteiger partial charge in [-0.3, -0.25) is 0 Å². The molecule has 2 saturated heterocycles. The van der Waals surface area contributed by atoms with E-state index < -0.39 is 6.10 Å². The molecule has 2 aliphatic rings. The Balaban J connectivity index is 1.77. The predicted octanol–water partition coefficient (Wildman–Crippen LogP) is 4.94. The van der Waals surface area contributed by atoms with Crippen LogP contribution in [0, 0.1) is 5.92 Å². The molecule has 2 atom stereocenters. The molecule has 0 aromatic heterocycles. The van der Waals surface area contributed by atoms with Gasteiger partial charge in [-0.05, 0) is 66.9 Å². The number of benzene rings is 1. The third kappa shape index (κ3) is 3.69. The maximum absolute atomic E-state index is 10.9. The van der Waals surface area contributed by atoms with Gasteiger partial charge in [0, 0.05) is 15.6 Å². The van der Waals surface area contributed by atoms with Gasteiger partial charge in [0.1, 0.15) is 0 Å². The molecule has 3 rings (SSSR count). The number of thioether (sulfide) groups is 1. The molecule has 21 heavy (non-hydrogen) atoms. The molecule has 2 unspecified atom stereocenters. The minimum atomic E-state index is -0.424. The summed E-state index contributed by atoms with van der Waals surface area (Å²) in [5.74, 6) is 2.65. The molecule has 1 aromatic carbocycles. The second-order valence-corrected chi connectivity index (χ2v) is 9.00. The summed E-state index contributed by atoms with van der Waals surface area (Å²) in [4.78, 5) is 0. The zero-order valence-electron chi connectivity index (χ0n) is 11.9. The lowest BCUT2D eigenvalue weighted by atomic mass is 9.78. The van der Waals surface area contributed by atoms with Crippen molar-refractivity contribution in [1.82, 2.24) is 0 Å². The van der Waals surface area contributed by atoms with Crippen molar-refractivity contribution in [2.75, 3.05) is 18.1 Å². The van der Waals surface area contributed by atoms with Gasteiger partial charge < -0.3 is 9.84 Å². The van der Waals surface area contributed by atoms with Crippen LogP contribution in [0.25, 0.3) is 0 Å². The molecule has 0 bridgehead atoms. The van der Waals surface area contributed by atoms with E-state index in [2.05, 4.69) is 31.9 Å². The van der Waals surface area contributed by atoms with Gasteiger partial charge in [-0.2, -0.15) is 11.8 Å². The highest BCUT2D eigenvalue weighted by Gasteiger charge is 2.41. The summed E-state index contributed by atoms with van der Waals surface area (Å²) in [6, 6.07) is 6.01. The quantitative estimate of drug-likeness (QED) is 0.713. The summed E-state index contributed by atoms with van der Waals surface area (Å²) in [5, 5.41) is 10.9. The minimum Gasteiger partial charge on any atom is -0.388 e. The Hall–Kier alpha value is 0.450. The normalized spacial score (nSPS) is 26.7. The average Bonchev–Trinajstić information content (AvgIpc) is 2.50. The average molecular weight is 436 g/mol. The van der Waals surface area contributed by atoms with Crippen molar-refractivity contribution in [3.63, 3.8) is 0 Å². The third-order valence-corrected chi connectivity index (χ3v) is 6.86. The standard InChI is InChI=1S/C16H20Br2O2S/c17-12-1-2-14(18)13(9-12)15(19)11-3-6-20-16(10-11)4-7-21-8-5-16/h1-2,9,11,15,19H,3-8,10H2. The number of halogens is 2. The molecule has 0 aliphatic carbocycles. The highest BCUT2D eigenvalue weighted by Crippen LogP contribution is 2.44. The summed E-state index contributed by atoms with van der Waals surface area (Å²) in [7, 11) is 0. The van der Waals surface area contributed by atoms with Crippen molar-refractivity contribution >= 4 is 43.6 Å². The van der Waals surface area contributed by atoms with E-state index in [1.165, 1.54) is 11.5 Å². The molecule has 0 radical (unpaired) electrons. The van der Waals surface area contributed by atoms with Crippen molar-refractivity contribution in [3.8, 4) is 0 Å². The molecule has 116 valence electrons. The van der Waals surface area contributed by atoms with E-state index in [0.29, 0.717) is 0 Å². The van der Waals surface area contributed by atoms with Crippen molar-refractivity contribution in [3.05, 3.63) is 32.7 Å². The number of ether oxygens (including phenoxy) is 1. The van der Waals surface area contributed by atoms with E-state index in [0.717, 1.165) is 46.8 Å². The number of hydrogen-bond acceptors (Lipinski definition) is 3. The van der Waals surface area contributed by atoms with E-state index in [1.807, 2.05) is 30.0 Å². The molecule has 0 saturated carbocycles. The van der Waals surface area contributed by atoms with Crippen molar-refractivity contribution in [2.45, 2.75) is 37.4 Å². The largest absolute Gasteiger partial charge is 0.388 e. The third-order valence-electron chi connectivity index (χ3n) is 4.66. The molecule has 2 heterocycles. The van der Waals surface area contributed by atoms with Gasteiger partial charge in [0.25, 0.3) is 0 Å². The number of rotatable bonds is 2. The number of aliphatic hydroxyl groups is 1. The lowest BCUT2D eigenvalue weighted by molar-refractivity contribution is -0.121. The van der Waals surface area contributed by atoms with E-state index in [4.69, 9.17) is 4.74 Å². The molecule has 1 aromatic rings. The monoisotopic (exact) mass is 434 g/mol. The fourth-order valence-corrected chi connectivity index (χ4v) is 5.52. The van der Waals surface area contributed by atoms with E-state index in [-0.39, 0.29) is 11.5 Å². The number of aliphatic hydroxyl groups excluding tert-OH is 1. The molecular weight excluding hydrogens is 416 g/mol. The summed E-state index contributed by atoms with van der Waals surface area (Å²) >= 11 is 9.09. The smallest absolute Gasteiger partial charge is 0.0831 e. The Bertz CT molecular complexity index is 498. The van der Waals surface area contributed by atoms with E-state index in [9.17, 15) is 5.11 Å². The van der Waals surface area contributed by atoms with Crippen LogP contribution < -0.4 is 0 Å². The number of hydrogen-bond donors (Lipinski definition) is 1. The predicted molar refractivity (Wildman–Crippen MR) is 94.8 cm³/mol. The second-order valence-electron chi connectivity index (χ2n) is 6.01. The van der Waals surface area contributed by atoms with Crippen LogP contribution in [-0.4, -0.2) is 28.8 Å². The summed E-state index contributed by atoms with van der Waals surface area (Å²) in [6.45, 7) is 0.776. The van der Waals surface area contributed by atoms with Crippen LogP contribution in [0.5, 0.6) is 0 Å². The molecular formula is C16H20Br2O2S. The molecule has 0 amide bonds. The summed E-state index contributed by atoms with van der Waals surface area (Å²) in [5.41, 5.74) is 1.00. The fourth-order valence-electron chi connectivity index (χ4n) is 3.42. The van der Waals surface area contributed by atoms with Crippen LogP contribution in [0.3, 0.4) is 0 Å². The van der Waals surface area contributed by atoms with Gasteiger partial charge in [-0.1, -0.05) is 31.9 Å². The van der Waals surface area contributed by atoms with Gasteiger partial charge >= 0.3 is 0 Å². The fraction of sp³-hybridized carbons (Fsp3) is 0.625. The Labute approximate surface area is 147 Å². The van der Waals surface area contributed by atoms with E-state index in [1.54, 1.807) is 0 Å². The lowest BCUT2D eigenvalue weighted by Gasteiger charge is -2.44. The van der Waals surface area contributed by atoms with Crippen LogP contribution >= 0.6 is 43.6 Å². The maximum Gasteiger partial charge on any atom is 0.0831 e. The first kappa shape index (κ1) is 16.3. The van der Waals surface area contributed by atoms with Crippen LogP contribution in [0.15, 0.2) is 27.1 Å². The highest BCUT2D eigenvalue weighted by atomic mass is 79.9. The van der Waals surface area contributed by atoms with Crippen molar-refractivity contribution in [2.24, 2.45) is 5.92 Å². The molecule has 2 fully saturated rings. The zero-order valence-corrected chi connectivity index (χ0v) is 15.8. The topological polar surface area (TPSA) is 29.5 Å². The van der Waals surface area contributed by atoms with Crippen LogP contribution in [-0.2, 0) is 4.74 Å². The van der Waals surface area contributed by atoms with Crippen LogP contribution in [0.2, 0.25) is 0 Å². The Morgan fingerprint density at radius 2 is 2.05 bits per heavy atom. The lowest BCUT2D eigenvalue weighted by Crippen LogP contribution is -2.44. The first-order valence-electron chi connectivity index (χ1n) is 7.44. The summed E-state index contributed by atoms with van der Waals surface area (Å²) in [6.07, 6.45) is 3.75. The summed E-state index contributed by atoms with van der Waals surface area (Å²) < 4.78 is 8.13. The second kappa shape index (κ2) is 6.91. The molecule has 2 nitrogen and oxygen atoms in total. The highest BCUT2D eigenvalue weighted by molar-refractivity contribution is 9.11. The SMILES string of the molecule is OC(c1cc(Br)ccc1Br)C1CCOC2(CCSCC2)C1. The van der Waals surface area contributed by atoms with Gasteiger partial charge in [0.05, 0.1) is 11.7 Å². The molecule has 1 spiro atoms. The first-order valence-corrected chi connectivity index (χ1v) is 10.2. The zero-order chi connectivity index (χ0) is 14.9. The van der Waals surface area contributed by atoms with Gasteiger partial charge in [-0.15, -0.1) is 0 Å². The van der Waals surface area contributed by atoms with Crippen molar-refractivity contribution in [1.29, 1.82) is 0 Å². The first-order chi connectivity index (χ1) is 10.1. The molecule has 5 heteroatoms. The molecule has 2 aliphatic heterocycles. The van der Waals surface area contributed by atoms with Gasteiger partial charge in [0.15, 0.2) is 0 Å². The van der Waals surface area contributed by atoms with Gasteiger partial charge in [0.2, 0.25) is 0 Å². The Kier molecular flexibility index (Phi) is 5.37.